The predicted octanol–water partition coefficient (Wildman–Crippen LogP) is 4.83. The Morgan fingerprint density at radius 2 is 1.97 bits per heavy atom. The van der Waals surface area contributed by atoms with Crippen LogP contribution in [0.5, 0.6) is 5.75 Å². The van der Waals surface area contributed by atoms with Crippen LogP contribution in [0.15, 0.2) is 66.9 Å². The number of nitrogens with one attached hydrogen (secondary N) is 1. The van der Waals surface area contributed by atoms with Crippen molar-refractivity contribution in [3.05, 3.63) is 89.0 Å². The summed E-state index contributed by atoms with van der Waals surface area (Å²) in [6.45, 7) is 3.71. The Morgan fingerprint density at radius 3 is 2.78 bits per heavy atom. The fourth-order valence-electron chi connectivity index (χ4n) is 3.56. The molecule has 0 saturated heterocycles. The molecule has 0 fully saturated rings. The number of para-hydroxylation sites is 2. The summed E-state index contributed by atoms with van der Waals surface area (Å²) >= 11 is 6.10. The van der Waals surface area contributed by atoms with Gasteiger partial charge in [0.15, 0.2) is 0 Å². The highest BCUT2D eigenvalue weighted by Crippen LogP contribution is 2.22. The maximum atomic E-state index is 12.2. The third kappa shape index (κ3) is 5.26. The molecule has 7 heteroatoms. The quantitative estimate of drug-likeness (QED) is 0.372. The summed E-state index contributed by atoms with van der Waals surface area (Å²) in [6.07, 6.45) is 3.14. The monoisotopic (exact) mass is 448 g/mol. The van der Waals surface area contributed by atoms with Crippen LogP contribution in [0.4, 0.5) is 0 Å². The Morgan fingerprint density at radius 1 is 1.12 bits per heavy atom. The standard InChI is InChI=1S/C25H25ClN4O2/c1-18-17-19(11-12-20(18)26)32-16-15-30-23-9-3-2-7-21(23)29-24(30)10-6-14-28-25(31)22-8-4-5-13-27-22/h2-5,7-9,11-13,17H,6,10,14-16H2,1H3,(H,28,31). The van der Waals surface area contributed by atoms with Crippen LogP contribution in [0.1, 0.15) is 28.3 Å². The largest absolute Gasteiger partial charge is 0.492 e. The first-order valence-corrected chi connectivity index (χ1v) is 11.0. The highest BCUT2D eigenvalue weighted by Gasteiger charge is 2.11. The maximum Gasteiger partial charge on any atom is 0.269 e. The number of carbonyl (C=O) groups excluding carboxylic acids is 1. The number of hydrogen-bond donors (Lipinski definition) is 1. The number of aromatic nitrogens is 3. The molecule has 164 valence electrons. The third-order valence-electron chi connectivity index (χ3n) is 5.21. The predicted molar refractivity (Wildman–Crippen MR) is 126 cm³/mol. The third-order valence-corrected chi connectivity index (χ3v) is 5.63. The van der Waals surface area contributed by atoms with Crippen molar-refractivity contribution >= 4 is 28.5 Å². The van der Waals surface area contributed by atoms with E-state index in [0.29, 0.717) is 25.4 Å². The molecule has 2 heterocycles. The summed E-state index contributed by atoms with van der Waals surface area (Å²) < 4.78 is 8.15. The second-order valence-corrected chi connectivity index (χ2v) is 7.91. The molecule has 0 aliphatic rings. The Hall–Kier alpha value is -3.38. The van der Waals surface area contributed by atoms with Crippen LogP contribution in [0.3, 0.4) is 0 Å². The van der Waals surface area contributed by atoms with Crippen molar-refractivity contribution < 1.29 is 9.53 Å². The molecular formula is C25H25ClN4O2. The minimum Gasteiger partial charge on any atom is -0.492 e. The van der Waals surface area contributed by atoms with E-state index in [-0.39, 0.29) is 5.91 Å². The van der Waals surface area contributed by atoms with Crippen LogP contribution < -0.4 is 10.1 Å². The zero-order chi connectivity index (χ0) is 22.3. The van der Waals surface area contributed by atoms with Gasteiger partial charge < -0.3 is 14.6 Å². The van der Waals surface area contributed by atoms with Gasteiger partial charge in [0.2, 0.25) is 0 Å². The molecule has 1 amide bonds. The number of rotatable bonds is 9. The average molecular weight is 449 g/mol. The van der Waals surface area contributed by atoms with Crippen molar-refractivity contribution in [1.82, 2.24) is 19.9 Å². The summed E-state index contributed by atoms with van der Waals surface area (Å²) in [5.41, 5.74) is 3.46. The van der Waals surface area contributed by atoms with Crippen molar-refractivity contribution in [1.29, 1.82) is 0 Å². The van der Waals surface area contributed by atoms with E-state index in [1.165, 1.54) is 0 Å². The lowest BCUT2D eigenvalue weighted by atomic mass is 10.2. The van der Waals surface area contributed by atoms with Crippen LogP contribution in [-0.4, -0.2) is 33.6 Å². The van der Waals surface area contributed by atoms with Crippen LogP contribution in [0.2, 0.25) is 5.02 Å². The summed E-state index contributed by atoms with van der Waals surface area (Å²) in [5, 5.41) is 3.65. The molecule has 32 heavy (non-hydrogen) atoms. The normalized spacial score (nSPS) is 10.9. The van der Waals surface area contributed by atoms with Gasteiger partial charge in [-0.1, -0.05) is 29.8 Å². The van der Waals surface area contributed by atoms with Crippen LogP contribution >= 0.6 is 11.6 Å². The highest BCUT2D eigenvalue weighted by molar-refractivity contribution is 6.31. The van der Waals surface area contributed by atoms with Crippen LogP contribution in [-0.2, 0) is 13.0 Å². The van der Waals surface area contributed by atoms with E-state index in [9.17, 15) is 4.79 Å². The first-order valence-electron chi connectivity index (χ1n) is 10.6. The fourth-order valence-corrected chi connectivity index (χ4v) is 3.68. The van der Waals surface area contributed by atoms with E-state index in [1.54, 1.807) is 24.4 Å². The van der Waals surface area contributed by atoms with Gasteiger partial charge in [-0.3, -0.25) is 9.78 Å². The molecule has 2 aromatic heterocycles. The van der Waals surface area contributed by atoms with Gasteiger partial charge in [-0.2, -0.15) is 0 Å². The number of fused-ring (bicyclic) bond motifs is 1. The molecule has 0 aliphatic heterocycles. The van der Waals surface area contributed by atoms with Crippen LogP contribution in [0.25, 0.3) is 11.0 Å². The molecular weight excluding hydrogens is 424 g/mol. The fraction of sp³-hybridized carbons (Fsp3) is 0.240. The summed E-state index contributed by atoms with van der Waals surface area (Å²) in [6, 6.07) is 19.1. The van der Waals surface area contributed by atoms with Crippen molar-refractivity contribution in [3.63, 3.8) is 0 Å². The minimum absolute atomic E-state index is 0.161. The zero-order valence-electron chi connectivity index (χ0n) is 17.9. The lowest BCUT2D eigenvalue weighted by molar-refractivity contribution is 0.0948. The molecule has 0 radical (unpaired) electrons. The van der Waals surface area contributed by atoms with Gasteiger partial charge in [-0.25, -0.2) is 4.98 Å². The average Bonchev–Trinajstić information content (AvgIpc) is 3.17. The van der Waals surface area contributed by atoms with Crippen molar-refractivity contribution in [2.24, 2.45) is 0 Å². The summed E-state index contributed by atoms with van der Waals surface area (Å²) in [4.78, 5) is 21.0. The number of ether oxygens (including phenoxy) is 1. The van der Waals surface area contributed by atoms with E-state index >= 15 is 0 Å². The number of amides is 1. The number of hydrogen-bond acceptors (Lipinski definition) is 4. The van der Waals surface area contributed by atoms with Gasteiger partial charge in [-0.05, 0) is 61.4 Å². The number of benzene rings is 2. The minimum atomic E-state index is -0.161. The molecule has 6 nitrogen and oxygen atoms in total. The first kappa shape index (κ1) is 21.8. The molecule has 4 aromatic rings. The molecule has 0 aliphatic carbocycles. The van der Waals surface area contributed by atoms with Gasteiger partial charge in [-0.15, -0.1) is 0 Å². The molecule has 0 saturated carbocycles. The summed E-state index contributed by atoms with van der Waals surface area (Å²) in [5.74, 6) is 1.62. The number of aryl methyl sites for hydroxylation is 2. The van der Waals surface area contributed by atoms with E-state index in [1.807, 2.05) is 43.3 Å². The maximum absolute atomic E-state index is 12.2. The second-order valence-electron chi connectivity index (χ2n) is 7.50. The van der Waals surface area contributed by atoms with Crippen molar-refractivity contribution in [2.45, 2.75) is 26.3 Å². The molecule has 0 spiro atoms. The number of nitrogens with zero attached hydrogens (tertiary/aromatic N) is 3. The molecule has 0 unspecified atom stereocenters. The van der Waals surface area contributed by atoms with Crippen molar-refractivity contribution in [3.8, 4) is 5.75 Å². The van der Waals surface area contributed by atoms with Gasteiger partial charge in [0, 0.05) is 24.2 Å². The number of pyridine rings is 1. The Kier molecular flexibility index (Phi) is 7.02. The van der Waals surface area contributed by atoms with Gasteiger partial charge in [0.1, 0.15) is 23.9 Å². The van der Waals surface area contributed by atoms with E-state index in [4.69, 9.17) is 21.3 Å². The molecule has 4 rings (SSSR count). The van der Waals surface area contributed by atoms with Gasteiger partial charge >= 0.3 is 0 Å². The zero-order valence-corrected chi connectivity index (χ0v) is 18.7. The topological polar surface area (TPSA) is 69.0 Å². The van der Waals surface area contributed by atoms with Gasteiger partial charge in [0.05, 0.1) is 17.6 Å². The van der Waals surface area contributed by atoms with E-state index in [0.717, 1.165) is 46.0 Å². The number of carbonyl (C=O) groups is 1. The molecule has 1 N–H and O–H groups in total. The number of imidazole rings is 1. The Labute approximate surface area is 192 Å². The SMILES string of the molecule is Cc1cc(OCCn2c(CCCNC(=O)c3ccccn3)nc3ccccc32)ccc1Cl. The lowest BCUT2D eigenvalue weighted by Gasteiger charge is -2.12. The first-order chi connectivity index (χ1) is 15.6. The van der Waals surface area contributed by atoms with Crippen molar-refractivity contribution in [2.75, 3.05) is 13.2 Å². The lowest BCUT2D eigenvalue weighted by Crippen LogP contribution is -2.25. The van der Waals surface area contributed by atoms with E-state index in [2.05, 4.69) is 20.9 Å². The summed E-state index contributed by atoms with van der Waals surface area (Å²) in [7, 11) is 0. The van der Waals surface area contributed by atoms with Crippen LogP contribution in [0, 0.1) is 6.92 Å². The number of halogens is 1. The highest BCUT2D eigenvalue weighted by atomic mass is 35.5. The molecule has 0 atom stereocenters. The van der Waals surface area contributed by atoms with Gasteiger partial charge in [0.25, 0.3) is 5.91 Å². The smallest absolute Gasteiger partial charge is 0.269 e. The Balaban J connectivity index is 1.37. The Bertz CT molecular complexity index is 1210. The molecule has 0 bridgehead atoms. The van der Waals surface area contributed by atoms with E-state index < -0.39 is 0 Å². The molecule has 2 aromatic carbocycles. The second kappa shape index (κ2) is 10.3.